The van der Waals surface area contributed by atoms with Gasteiger partial charge in [-0.15, -0.1) is 0 Å². The highest BCUT2D eigenvalue weighted by molar-refractivity contribution is 5.25. The molecule has 0 bridgehead atoms. The van der Waals surface area contributed by atoms with Crippen molar-refractivity contribution in [3.05, 3.63) is 12.2 Å². The third-order valence-corrected chi connectivity index (χ3v) is 3.11. The Morgan fingerprint density at radius 2 is 1.40 bits per heavy atom. The molecule has 0 unspecified atom stereocenters. The molecule has 0 heteroatoms. The first kappa shape index (κ1) is 6.45. The van der Waals surface area contributed by atoms with Crippen LogP contribution in [0.15, 0.2) is 12.2 Å². The molecule has 2 atom stereocenters. The van der Waals surface area contributed by atoms with Crippen molar-refractivity contribution in [1.29, 1.82) is 0 Å². The van der Waals surface area contributed by atoms with E-state index in [2.05, 4.69) is 6.58 Å². The van der Waals surface area contributed by atoms with Gasteiger partial charge in [-0.3, -0.25) is 0 Å². The predicted octanol–water partition coefficient (Wildman–Crippen LogP) is 3.14. The molecule has 0 amide bonds. The van der Waals surface area contributed by atoms with E-state index in [0.29, 0.717) is 0 Å². The van der Waals surface area contributed by atoms with E-state index in [1.54, 1.807) is 5.57 Å². The summed E-state index contributed by atoms with van der Waals surface area (Å²) in [6.45, 7) is 4.09. The molecule has 0 nitrogen and oxygen atoms in total. The second-order valence-corrected chi connectivity index (χ2v) is 3.78. The van der Waals surface area contributed by atoms with E-state index in [-0.39, 0.29) is 0 Å². The Balaban J connectivity index is 1.92. The molecule has 2 rings (SSSR count). The van der Waals surface area contributed by atoms with Gasteiger partial charge >= 0.3 is 0 Å². The molecule has 0 aliphatic heterocycles. The van der Waals surface area contributed by atoms with Crippen LogP contribution in [0.4, 0.5) is 0 Å². The summed E-state index contributed by atoms with van der Waals surface area (Å²) >= 11 is 0. The number of rotatable bonds is 0. The molecule has 10 heavy (non-hydrogen) atoms. The zero-order valence-corrected chi connectivity index (χ0v) is 6.60. The smallest absolute Gasteiger partial charge is 0.0137 e. The maximum absolute atomic E-state index is 4.09. The molecule has 2 aliphatic rings. The van der Waals surface area contributed by atoms with Gasteiger partial charge in [-0.2, -0.15) is 0 Å². The average molecular weight is 136 g/mol. The molecule has 0 N–H and O–H groups in total. The van der Waals surface area contributed by atoms with E-state index < -0.39 is 0 Å². The quantitative estimate of drug-likeness (QED) is 0.449. The van der Waals surface area contributed by atoms with Crippen molar-refractivity contribution in [2.45, 2.75) is 38.5 Å². The Kier molecular flexibility index (Phi) is 1.55. The lowest BCUT2D eigenvalue weighted by Crippen LogP contribution is -1.90. The van der Waals surface area contributed by atoms with Crippen LogP contribution in [0.1, 0.15) is 38.5 Å². The SMILES string of the molecule is C=C1[C@H]2CCCCCC[C@@H]12. The highest BCUT2D eigenvalue weighted by Gasteiger charge is 2.40. The average Bonchev–Trinajstić information content (AvgIpc) is 2.39. The minimum Gasteiger partial charge on any atom is -0.0993 e. The molecule has 2 saturated carbocycles. The van der Waals surface area contributed by atoms with Crippen molar-refractivity contribution in [2.75, 3.05) is 0 Å². The van der Waals surface area contributed by atoms with Gasteiger partial charge in [0, 0.05) is 0 Å². The van der Waals surface area contributed by atoms with Crippen LogP contribution in [-0.4, -0.2) is 0 Å². The van der Waals surface area contributed by atoms with Crippen LogP contribution in [0.2, 0.25) is 0 Å². The zero-order valence-electron chi connectivity index (χ0n) is 6.60. The summed E-state index contributed by atoms with van der Waals surface area (Å²) in [6.07, 6.45) is 8.75. The van der Waals surface area contributed by atoms with Crippen molar-refractivity contribution in [2.24, 2.45) is 11.8 Å². The third kappa shape index (κ3) is 1.00. The van der Waals surface area contributed by atoms with E-state index >= 15 is 0 Å². The van der Waals surface area contributed by atoms with Gasteiger partial charge in [0.1, 0.15) is 0 Å². The van der Waals surface area contributed by atoms with Gasteiger partial charge in [0.25, 0.3) is 0 Å². The highest BCUT2D eigenvalue weighted by atomic mass is 14.4. The van der Waals surface area contributed by atoms with E-state index in [1.165, 1.54) is 38.5 Å². The van der Waals surface area contributed by atoms with Crippen LogP contribution >= 0.6 is 0 Å². The Morgan fingerprint density at radius 1 is 0.900 bits per heavy atom. The summed E-state index contributed by atoms with van der Waals surface area (Å²) in [5.74, 6) is 1.92. The topological polar surface area (TPSA) is 0 Å². The molecule has 0 aromatic rings. The van der Waals surface area contributed by atoms with Crippen LogP contribution < -0.4 is 0 Å². The van der Waals surface area contributed by atoms with Crippen LogP contribution in [0.5, 0.6) is 0 Å². The van der Waals surface area contributed by atoms with Crippen molar-refractivity contribution < 1.29 is 0 Å². The summed E-state index contributed by atoms with van der Waals surface area (Å²) in [7, 11) is 0. The molecule has 0 aromatic carbocycles. The molecule has 0 saturated heterocycles. The number of hydrogen-bond acceptors (Lipinski definition) is 0. The Labute approximate surface area is 63.3 Å². The Hall–Kier alpha value is -0.260. The largest absolute Gasteiger partial charge is 0.0993 e. The fourth-order valence-corrected chi connectivity index (χ4v) is 2.30. The zero-order chi connectivity index (χ0) is 6.97. The fraction of sp³-hybridized carbons (Fsp3) is 0.800. The fourth-order valence-electron chi connectivity index (χ4n) is 2.30. The maximum Gasteiger partial charge on any atom is -0.0137 e. The maximum atomic E-state index is 4.09. The molecule has 2 fully saturated rings. The minimum atomic E-state index is 0.959. The Bertz CT molecular complexity index is 130. The van der Waals surface area contributed by atoms with E-state index in [4.69, 9.17) is 0 Å². The normalized spacial score (nSPS) is 39.8. The summed E-state index contributed by atoms with van der Waals surface area (Å²) in [4.78, 5) is 0. The first-order chi connectivity index (χ1) is 4.89. The van der Waals surface area contributed by atoms with Gasteiger partial charge in [-0.1, -0.05) is 37.8 Å². The van der Waals surface area contributed by atoms with Gasteiger partial charge < -0.3 is 0 Å². The molecule has 0 spiro atoms. The molecule has 0 aromatic heterocycles. The van der Waals surface area contributed by atoms with Crippen molar-refractivity contribution in [1.82, 2.24) is 0 Å². The Morgan fingerprint density at radius 3 is 1.90 bits per heavy atom. The molecule has 56 valence electrons. The lowest BCUT2D eigenvalue weighted by Gasteiger charge is -2.04. The van der Waals surface area contributed by atoms with Crippen molar-refractivity contribution in [3.8, 4) is 0 Å². The van der Waals surface area contributed by atoms with Crippen LogP contribution in [0.3, 0.4) is 0 Å². The van der Waals surface area contributed by atoms with E-state index in [1.807, 2.05) is 0 Å². The molecule has 0 heterocycles. The lowest BCUT2D eigenvalue weighted by molar-refractivity contribution is 0.485. The number of fused-ring (bicyclic) bond motifs is 1. The molecular weight excluding hydrogens is 120 g/mol. The van der Waals surface area contributed by atoms with Gasteiger partial charge in [-0.25, -0.2) is 0 Å². The van der Waals surface area contributed by atoms with Gasteiger partial charge in [0.2, 0.25) is 0 Å². The summed E-state index contributed by atoms with van der Waals surface area (Å²) in [6, 6.07) is 0. The first-order valence-electron chi connectivity index (χ1n) is 4.58. The number of allylic oxidation sites excluding steroid dienone is 1. The van der Waals surface area contributed by atoms with Gasteiger partial charge in [0.05, 0.1) is 0 Å². The number of hydrogen-bond donors (Lipinski definition) is 0. The summed E-state index contributed by atoms with van der Waals surface area (Å²) in [5.41, 5.74) is 1.57. The third-order valence-electron chi connectivity index (χ3n) is 3.11. The molecule has 2 aliphatic carbocycles. The first-order valence-corrected chi connectivity index (χ1v) is 4.58. The minimum absolute atomic E-state index is 0.959. The van der Waals surface area contributed by atoms with Crippen LogP contribution in [0, 0.1) is 11.8 Å². The monoisotopic (exact) mass is 136 g/mol. The second kappa shape index (κ2) is 2.41. The van der Waals surface area contributed by atoms with Gasteiger partial charge in [0.15, 0.2) is 0 Å². The van der Waals surface area contributed by atoms with Crippen molar-refractivity contribution in [3.63, 3.8) is 0 Å². The molecular formula is C10H16. The lowest BCUT2D eigenvalue weighted by atomic mass is 10.0. The highest BCUT2D eigenvalue weighted by Crippen LogP contribution is 2.51. The van der Waals surface area contributed by atoms with E-state index in [0.717, 1.165) is 11.8 Å². The predicted molar refractivity (Wildman–Crippen MR) is 43.8 cm³/mol. The van der Waals surface area contributed by atoms with E-state index in [9.17, 15) is 0 Å². The summed E-state index contributed by atoms with van der Waals surface area (Å²) < 4.78 is 0. The van der Waals surface area contributed by atoms with Crippen molar-refractivity contribution >= 4 is 0 Å². The van der Waals surface area contributed by atoms with Gasteiger partial charge in [-0.05, 0) is 24.7 Å². The standard InChI is InChI=1S/C10H16/c1-8-9-6-4-2-3-5-7-10(8)9/h9-10H,1-7H2/t9-,10+. The van der Waals surface area contributed by atoms with Crippen LogP contribution in [-0.2, 0) is 0 Å². The molecule has 0 radical (unpaired) electrons. The summed E-state index contributed by atoms with van der Waals surface area (Å²) in [5, 5.41) is 0. The second-order valence-electron chi connectivity index (χ2n) is 3.78. The van der Waals surface area contributed by atoms with Crippen LogP contribution in [0.25, 0.3) is 0 Å².